The monoisotopic (exact) mass is 390 g/mol. The summed E-state index contributed by atoms with van der Waals surface area (Å²) in [4.78, 5) is 12.2. The lowest BCUT2D eigenvalue weighted by Crippen LogP contribution is -2.24. The Labute approximate surface area is 158 Å². The fraction of sp³-hybridized carbons (Fsp3) is 0.316. The van der Waals surface area contributed by atoms with Crippen molar-refractivity contribution < 1.29 is 22.7 Å². The Morgan fingerprint density at radius 1 is 1.07 bits per heavy atom. The zero-order valence-electron chi connectivity index (χ0n) is 15.0. The van der Waals surface area contributed by atoms with Gasteiger partial charge in [-0.25, -0.2) is 8.42 Å². The predicted octanol–water partition coefficient (Wildman–Crippen LogP) is 2.79. The lowest BCUT2D eigenvalue weighted by atomic mass is 10.2. The highest BCUT2D eigenvalue weighted by molar-refractivity contribution is 7.92. The first-order valence-corrected chi connectivity index (χ1v) is 10.3. The lowest BCUT2D eigenvalue weighted by molar-refractivity contribution is 0.0953. The molecule has 2 aromatic carbocycles. The molecule has 27 heavy (non-hydrogen) atoms. The van der Waals surface area contributed by atoms with E-state index in [2.05, 4.69) is 10.0 Å². The molecular weight excluding hydrogens is 368 g/mol. The van der Waals surface area contributed by atoms with E-state index < -0.39 is 10.0 Å². The maximum absolute atomic E-state index is 12.7. The molecule has 2 N–H and O–H groups in total. The molecule has 0 unspecified atom stereocenters. The summed E-state index contributed by atoms with van der Waals surface area (Å²) >= 11 is 0. The molecule has 7 nitrogen and oxygen atoms in total. The maximum Gasteiger partial charge on any atom is 0.261 e. The number of ether oxygens (including phenoxy) is 2. The van der Waals surface area contributed by atoms with Gasteiger partial charge in [0.15, 0.2) is 11.5 Å². The standard InChI is InChI=1S/C19H22N2O5S/c1-2-3-9-20-19(22)14-5-4-6-16(12-14)27(23,24)21-15-7-8-17-18(13-15)26-11-10-25-17/h4-8,12-13,21H,2-3,9-11H2,1H3,(H,20,22). The summed E-state index contributed by atoms with van der Waals surface area (Å²) in [7, 11) is -3.85. The Morgan fingerprint density at radius 3 is 2.63 bits per heavy atom. The highest BCUT2D eigenvalue weighted by Crippen LogP contribution is 2.33. The molecule has 1 heterocycles. The van der Waals surface area contributed by atoms with E-state index in [-0.39, 0.29) is 10.8 Å². The van der Waals surface area contributed by atoms with E-state index in [0.29, 0.717) is 42.5 Å². The molecule has 2 aromatic rings. The van der Waals surface area contributed by atoms with Gasteiger partial charge in [0.2, 0.25) is 0 Å². The minimum Gasteiger partial charge on any atom is -0.486 e. The van der Waals surface area contributed by atoms with Crippen molar-refractivity contribution in [3.8, 4) is 11.5 Å². The number of carbonyl (C=O) groups excluding carboxylic acids is 1. The van der Waals surface area contributed by atoms with Crippen molar-refractivity contribution in [3.63, 3.8) is 0 Å². The predicted molar refractivity (Wildman–Crippen MR) is 102 cm³/mol. The SMILES string of the molecule is CCCCNC(=O)c1cccc(S(=O)(=O)Nc2ccc3c(c2)OCCO3)c1. The van der Waals surface area contributed by atoms with Crippen LogP contribution in [0, 0.1) is 0 Å². The first kappa shape index (κ1) is 19.0. The molecule has 0 fully saturated rings. The molecule has 0 aromatic heterocycles. The molecule has 0 aliphatic carbocycles. The van der Waals surface area contributed by atoms with Gasteiger partial charge in [-0.3, -0.25) is 9.52 Å². The third kappa shape index (κ3) is 4.71. The molecule has 0 atom stereocenters. The van der Waals surface area contributed by atoms with Crippen molar-refractivity contribution in [2.45, 2.75) is 24.7 Å². The number of hydrogen-bond acceptors (Lipinski definition) is 5. The zero-order chi connectivity index (χ0) is 19.3. The molecule has 144 valence electrons. The Bertz CT molecular complexity index is 927. The highest BCUT2D eigenvalue weighted by atomic mass is 32.2. The Morgan fingerprint density at radius 2 is 1.85 bits per heavy atom. The molecular formula is C19H22N2O5S. The molecule has 0 radical (unpaired) electrons. The second-order valence-corrected chi connectivity index (χ2v) is 7.78. The van der Waals surface area contributed by atoms with Gasteiger partial charge in [-0.2, -0.15) is 0 Å². The van der Waals surface area contributed by atoms with E-state index >= 15 is 0 Å². The Kier molecular flexibility index (Phi) is 5.85. The van der Waals surface area contributed by atoms with Crippen LogP contribution in [0.1, 0.15) is 30.1 Å². The molecule has 1 aliphatic rings. The first-order chi connectivity index (χ1) is 13.0. The normalized spacial score (nSPS) is 13.1. The van der Waals surface area contributed by atoms with E-state index in [9.17, 15) is 13.2 Å². The van der Waals surface area contributed by atoms with Gasteiger partial charge >= 0.3 is 0 Å². The third-order valence-corrected chi connectivity index (χ3v) is 5.40. The van der Waals surface area contributed by atoms with Gasteiger partial charge in [-0.05, 0) is 36.8 Å². The summed E-state index contributed by atoms with van der Waals surface area (Å²) in [6.07, 6.45) is 1.84. The van der Waals surface area contributed by atoms with Crippen molar-refractivity contribution in [2.75, 3.05) is 24.5 Å². The van der Waals surface area contributed by atoms with Crippen molar-refractivity contribution in [1.82, 2.24) is 5.32 Å². The van der Waals surface area contributed by atoms with Crippen LogP contribution >= 0.6 is 0 Å². The van der Waals surface area contributed by atoms with Crippen molar-refractivity contribution in [2.24, 2.45) is 0 Å². The first-order valence-electron chi connectivity index (χ1n) is 8.80. The Hall–Kier alpha value is -2.74. The Balaban J connectivity index is 1.77. The topological polar surface area (TPSA) is 93.7 Å². The van der Waals surface area contributed by atoms with Crippen LogP contribution in [-0.2, 0) is 10.0 Å². The van der Waals surface area contributed by atoms with Crippen molar-refractivity contribution in [3.05, 3.63) is 48.0 Å². The van der Waals surface area contributed by atoms with Crippen LogP contribution in [0.15, 0.2) is 47.4 Å². The van der Waals surface area contributed by atoms with E-state index in [1.165, 1.54) is 12.1 Å². The fourth-order valence-electron chi connectivity index (χ4n) is 2.61. The average molecular weight is 390 g/mol. The third-order valence-electron chi connectivity index (χ3n) is 4.02. The fourth-order valence-corrected chi connectivity index (χ4v) is 3.70. The number of fused-ring (bicyclic) bond motifs is 1. The summed E-state index contributed by atoms with van der Waals surface area (Å²) in [5.41, 5.74) is 0.660. The van der Waals surface area contributed by atoms with Gasteiger partial charge < -0.3 is 14.8 Å². The van der Waals surface area contributed by atoms with Crippen LogP contribution in [-0.4, -0.2) is 34.1 Å². The molecule has 0 saturated carbocycles. The minimum absolute atomic E-state index is 0.0144. The van der Waals surface area contributed by atoms with Gasteiger partial charge in [0.1, 0.15) is 13.2 Å². The summed E-state index contributed by atoms with van der Waals surface area (Å²) in [5, 5.41) is 2.78. The molecule has 1 amide bonds. The molecule has 0 saturated heterocycles. The number of nitrogens with one attached hydrogen (secondary N) is 2. The second-order valence-electron chi connectivity index (χ2n) is 6.10. The second kappa shape index (κ2) is 8.30. The number of carbonyl (C=O) groups is 1. The summed E-state index contributed by atoms with van der Waals surface area (Å²) in [6.45, 7) is 3.47. The molecule has 8 heteroatoms. The molecule has 0 bridgehead atoms. The smallest absolute Gasteiger partial charge is 0.261 e. The minimum atomic E-state index is -3.85. The largest absolute Gasteiger partial charge is 0.486 e. The maximum atomic E-state index is 12.7. The van der Waals surface area contributed by atoms with E-state index in [0.717, 1.165) is 12.8 Å². The number of hydrogen-bond donors (Lipinski definition) is 2. The van der Waals surface area contributed by atoms with E-state index in [1.54, 1.807) is 30.3 Å². The van der Waals surface area contributed by atoms with Crippen LogP contribution in [0.4, 0.5) is 5.69 Å². The number of amides is 1. The van der Waals surface area contributed by atoms with E-state index in [4.69, 9.17) is 9.47 Å². The summed E-state index contributed by atoms with van der Waals surface area (Å²) in [5.74, 6) is 0.778. The molecule has 1 aliphatic heterocycles. The molecule has 0 spiro atoms. The van der Waals surface area contributed by atoms with Crippen LogP contribution in [0.25, 0.3) is 0 Å². The van der Waals surface area contributed by atoms with Crippen molar-refractivity contribution in [1.29, 1.82) is 0 Å². The van der Waals surface area contributed by atoms with Crippen LogP contribution in [0.3, 0.4) is 0 Å². The van der Waals surface area contributed by atoms with Crippen LogP contribution < -0.4 is 19.5 Å². The quantitative estimate of drug-likeness (QED) is 0.709. The average Bonchev–Trinajstić information content (AvgIpc) is 2.68. The van der Waals surface area contributed by atoms with Crippen LogP contribution in [0.2, 0.25) is 0 Å². The number of unbranched alkanes of at least 4 members (excludes halogenated alkanes) is 1. The lowest BCUT2D eigenvalue weighted by Gasteiger charge is -2.19. The highest BCUT2D eigenvalue weighted by Gasteiger charge is 2.18. The number of sulfonamides is 1. The van der Waals surface area contributed by atoms with Gasteiger partial charge in [0.05, 0.1) is 10.6 Å². The molecule has 3 rings (SSSR count). The van der Waals surface area contributed by atoms with E-state index in [1.807, 2.05) is 6.92 Å². The van der Waals surface area contributed by atoms with Gasteiger partial charge in [0.25, 0.3) is 15.9 Å². The number of anilines is 1. The number of benzene rings is 2. The van der Waals surface area contributed by atoms with Gasteiger partial charge in [-0.15, -0.1) is 0 Å². The number of rotatable bonds is 7. The summed E-state index contributed by atoms with van der Waals surface area (Å²) in [6, 6.07) is 10.8. The van der Waals surface area contributed by atoms with Crippen LogP contribution in [0.5, 0.6) is 11.5 Å². The zero-order valence-corrected chi connectivity index (χ0v) is 15.8. The van der Waals surface area contributed by atoms with Gasteiger partial charge in [-0.1, -0.05) is 19.4 Å². The van der Waals surface area contributed by atoms with Gasteiger partial charge in [0, 0.05) is 18.2 Å². The van der Waals surface area contributed by atoms with Crippen molar-refractivity contribution >= 4 is 21.6 Å². The summed E-state index contributed by atoms with van der Waals surface area (Å²) < 4.78 is 38.8.